The number of piperidine rings is 1. The highest BCUT2D eigenvalue weighted by atomic mass is 35.5. The third kappa shape index (κ3) is 2.14. The van der Waals surface area contributed by atoms with Crippen LogP contribution in [0.4, 0.5) is 0 Å². The third-order valence-electron chi connectivity index (χ3n) is 4.52. The van der Waals surface area contributed by atoms with Crippen LogP contribution in [-0.4, -0.2) is 34.0 Å². The summed E-state index contributed by atoms with van der Waals surface area (Å²) in [6, 6.07) is 3.45. The molecule has 3 heterocycles. The van der Waals surface area contributed by atoms with Gasteiger partial charge in [0.15, 0.2) is 0 Å². The molecule has 0 spiro atoms. The summed E-state index contributed by atoms with van der Waals surface area (Å²) in [6.07, 6.45) is 5.09. The van der Waals surface area contributed by atoms with Crippen LogP contribution in [0.15, 0.2) is 6.07 Å². The van der Waals surface area contributed by atoms with Gasteiger partial charge in [-0.2, -0.15) is 0 Å². The molecule has 3 rings (SSSR count). The number of aromatic nitrogens is 2. The summed E-state index contributed by atoms with van der Waals surface area (Å²) in [5.41, 5.74) is 2.01. The van der Waals surface area contributed by atoms with Gasteiger partial charge in [-0.25, -0.2) is 9.97 Å². The van der Waals surface area contributed by atoms with Crippen LogP contribution in [0.2, 0.25) is 0 Å². The van der Waals surface area contributed by atoms with Crippen molar-refractivity contribution < 1.29 is 0 Å². The van der Waals surface area contributed by atoms with E-state index < -0.39 is 0 Å². The minimum absolute atomic E-state index is 0.482. The lowest BCUT2D eigenvalue weighted by molar-refractivity contribution is 0.158. The Bertz CT molecular complexity index is 435. The van der Waals surface area contributed by atoms with Crippen molar-refractivity contribution in [1.82, 2.24) is 14.9 Å². The van der Waals surface area contributed by atoms with Crippen molar-refractivity contribution in [2.75, 3.05) is 7.05 Å². The van der Waals surface area contributed by atoms with Crippen molar-refractivity contribution in [2.24, 2.45) is 0 Å². The minimum atomic E-state index is 0.482. The van der Waals surface area contributed by atoms with E-state index in [4.69, 9.17) is 11.6 Å². The molecule has 18 heavy (non-hydrogen) atoms. The Balaban J connectivity index is 1.85. The second-order valence-electron chi connectivity index (χ2n) is 5.71. The first-order chi connectivity index (χ1) is 8.67. The lowest BCUT2D eigenvalue weighted by atomic mass is 9.90. The molecule has 3 nitrogen and oxygen atoms in total. The molecule has 2 aliphatic heterocycles. The predicted octanol–water partition coefficient (Wildman–Crippen LogP) is 2.86. The number of nitrogens with zero attached hydrogens (tertiary/aromatic N) is 3. The zero-order valence-electron chi connectivity index (χ0n) is 11.1. The highest BCUT2D eigenvalue weighted by molar-refractivity contribution is 6.16. The van der Waals surface area contributed by atoms with Gasteiger partial charge in [0.2, 0.25) is 0 Å². The lowest BCUT2D eigenvalue weighted by Crippen LogP contribution is -2.39. The molecule has 0 N–H and O–H groups in total. The Morgan fingerprint density at radius 2 is 1.94 bits per heavy atom. The van der Waals surface area contributed by atoms with E-state index in [1.54, 1.807) is 0 Å². The fourth-order valence-electron chi connectivity index (χ4n) is 3.53. The molecule has 2 unspecified atom stereocenters. The van der Waals surface area contributed by atoms with Crippen molar-refractivity contribution in [3.63, 3.8) is 0 Å². The minimum Gasteiger partial charge on any atom is -0.300 e. The normalized spacial score (nSPS) is 31.8. The molecule has 0 amide bonds. The van der Waals surface area contributed by atoms with Crippen LogP contribution in [0.1, 0.15) is 48.8 Å². The number of fused-ring (bicyclic) bond motifs is 2. The summed E-state index contributed by atoms with van der Waals surface area (Å²) < 4.78 is 0. The van der Waals surface area contributed by atoms with Gasteiger partial charge in [0, 0.05) is 23.7 Å². The first-order valence-electron chi connectivity index (χ1n) is 6.79. The van der Waals surface area contributed by atoms with Gasteiger partial charge in [-0.05, 0) is 45.7 Å². The van der Waals surface area contributed by atoms with E-state index in [1.165, 1.54) is 25.7 Å². The van der Waals surface area contributed by atoms with Crippen molar-refractivity contribution in [3.8, 4) is 0 Å². The molecular weight excluding hydrogens is 246 g/mol. The summed E-state index contributed by atoms with van der Waals surface area (Å²) in [5.74, 6) is 2.03. The van der Waals surface area contributed by atoms with Gasteiger partial charge in [-0.15, -0.1) is 11.6 Å². The van der Waals surface area contributed by atoms with E-state index >= 15 is 0 Å². The monoisotopic (exact) mass is 265 g/mol. The maximum absolute atomic E-state index is 5.90. The largest absolute Gasteiger partial charge is 0.300 e. The molecule has 2 saturated heterocycles. The molecule has 2 atom stereocenters. The van der Waals surface area contributed by atoms with Crippen LogP contribution in [0, 0.1) is 6.92 Å². The van der Waals surface area contributed by atoms with Crippen molar-refractivity contribution in [3.05, 3.63) is 23.3 Å². The lowest BCUT2D eigenvalue weighted by Gasteiger charge is -2.35. The van der Waals surface area contributed by atoms with Gasteiger partial charge in [0.05, 0.1) is 11.6 Å². The molecule has 0 aromatic carbocycles. The first kappa shape index (κ1) is 12.4. The number of halogens is 1. The molecule has 2 bridgehead atoms. The fraction of sp³-hybridized carbons (Fsp3) is 0.714. The predicted molar refractivity (Wildman–Crippen MR) is 72.9 cm³/mol. The van der Waals surface area contributed by atoms with Crippen LogP contribution in [0.5, 0.6) is 0 Å². The molecule has 0 aliphatic carbocycles. The zero-order valence-corrected chi connectivity index (χ0v) is 11.8. The molecule has 2 fully saturated rings. The molecule has 1 aromatic rings. The van der Waals surface area contributed by atoms with Gasteiger partial charge in [-0.3, -0.25) is 0 Å². The molecule has 4 heteroatoms. The van der Waals surface area contributed by atoms with Crippen molar-refractivity contribution >= 4 is 11.6 Å². The van der Waals surface area contributed by atoms with Crippen LogP contribution in [0.3, 0.4) is 0 Å². The summed E-state index contributed by atoms with van der Waals surface area (Å²) in [6.45, 7) is 2.03. The number of rotatable bonds is 2. The highest BCUT2D eigenvalue weighted by Crippen LogP contribution is 2.41. The van der Waals surface area contributed by atoms with Crippen LogP contribution < -0.4 is 0 Å². The molecule has 2 aliphatic rings. The average Bonchev–Trinajstić information content (AvgIpc) is 2.60. The second kappa shape index (κ2) is 4.78. The Morgan fingerprint density at radius 3 is 2.56 bits per heavy atom. The Morgan fingerprint density at radius 1 is 1.28 bits per heavy atom. The van der Waals surface area contributed by atoms with Crippen molar-refractivity contribution in [1.29, 1.82) is 0 Å². The summed E-state index contributed by atoms with van der Waals surface area (Å²) >= 11 is 5.90. The summed E-state index contributed by atoms with van der Waals surface area (Å²) in [4.78, 5) is 11.8. The maximum atomic E-state index is 5.90. The van der Waals surface area contributed by atoms with E-state index in [0.29, 0.717) is 11.8 Å². The van der Waals surface area contributed by atoms with E-state index in [9.17, 15) is 0 Å². The van der Waals surface area contributed by atoms with Crippen molar-refractivity contribution in [2.45, 2.75) is 56.5 Å². The van der Waals surface area contributed by atoms with E-state index in [1.807, 2.05) is 13.0 Å². The Labute approximate surface area is 114 Å². The van der Waals surface area contributed by atoms with E-state index in [0.717, 1.165) is 29.3 Å². The Kier molecular flexibility index (Phi) is 3.29. The Hall–Kier alpha value is -0.670. The van der Waals surface area contributed by atoms with Gasteiger partial charge in [-0.1, -0.05) is 0 Å². The summed E-state index contributed by atoms with van der Waals surface area (Å²) in [5, 5.41) is 0. The van der Waals surface area contributed by atoms with Gasteiger partial charge in [0.25, 0.3) is 0 Å². The molecule has 98 valence electrons. The average molecular weight is 266 g/mol. The number of hydrogen-bond acceptors (Lipinski definition) is 3. The van der Waals surface area contributed by atoms with Crippen LogP contribution in [0.25, 0.3) is 0 Å². The zero-order chi connectivity index (χ0) is 12.7. The van der Waals surface area contributed by atoms with Crippen LogP contribution in [-0.2, 0) is 5.88 Å². The summed E-state index contributed by atoms with van der Waals surface area (Å²) in [7, 11) is 2.26. The smallest absolute Gasteiger partial charge is 0.132 e. The first-order valence-corrected chi connectivity index (χ1v) is 7.33. The number of hydrogen-bond donors (Lipinski definition) is 0. The SMILES string of the molecule is Cc1cc(CCl)nc(C2CC3CCC(C2)N3C)n1. The second-order valence-corrected chi connectivity index (χ2v) is 5.98. The highest BCUT2D eigenvalue weighted by Gasteiger charge is 2.39. The fourth-order valence-corrected chi connectivity index (χ4v) is 3.67. The molecule has 0 saturated carbocycles. The van der Waals surface area contributed by atoms with Gasteiger partial charge in [0.1, 0.15) is 5.82 Å². The molecule has 0 radical (unpaired) electrons. The number of alkyl halides is 1. The number of aryl methyl sites for hydroxylation is 1. The molecule has 1 aromatic heterocycles. The van der Waals surface area contributed by atoms with E-state index in [2.05, 4.69) is 21.9 Å². The van der Waals surface area contributed by atoms with Crippen LogP contribution >= 0.6 is 11.6 Å². The molecular formula is C14H20ClN3. The topological polar surface area (TPSA) is 29.0 Å². The van der Waals surface area contributed by atoms with Gasteiger partial charge >= 0.3 is 0 Å². The standard InChI is InChI=1S/C14H20ClN3/c1-9-5-11(8-15)17-14(16-9)10-6-12-3-4-13(7-10)18(12)2/h5,10,12-13H,3-4,6-8H2,1-2H3. The maximum Gasteiger partial charge on any atom is 0.132 e. The van der Waals surface area contributed by atoms with E-state index in [-0.39, 0.29) is 0 Å². The third-order valence-corrected chi connectivity index (χ3v) is 4.80. The quantitative estimate of drug-likeness (QED) is 0.770. The van der Waals surface area contributed by atoms with Gasteiger partial charge < -0.3 is 4.90 Å².